The molecule has 1 N–H and O–H groups in total. The molecule has 0 aliphatic carbocycles. The number of thiazole rings is 1. The second kappa shape index (κ2) is 6.12. The van der Waals surface area contributed by atoms with Gasteiger partial charge in [-0.25, -0.2) is 13.8 Å². The van der Waals surface area contributed by atoms with Crippen LogP contribution in [0.15, 0.2) is 18.2 Å². The number of anilines is 2. The third kappa shape index (κ3) is 2.66. The summed E-state index contributed by atoms with van der Waals surface area (Å²) in [7, 11) is 0. The first kappa shape index (κ1) is 15.5. The minimum atomic E-state index is -0.888. The molecule has 2 aliphatic heterocycles. The molecule has 1 fully saturated rings. The highest BCUT2D eigenvalue weighted by molar-refractivity contribution is 7.16. The number of piperidine rings is 1. The van der Waals surface area contributed by atoms with E-state index in [-0.39, 0.29) is 17.9 Å². The molecule has 24 heavy (non-hydrogen) atoms. The van der Waals surface area contributed by atoms with E-state index in [2.05, 4.69) is 15.2 Å². The number of benzene rings is 1. The number of hydrogen-bond acceptors (Lipinski definition) is 4. The average molecular weight is 349 g/mol. The summed E-state index contributed by atoms with van der Waals surface area (Å²) in [6.07, 6.45) is 3.57. The summed E-state index contributed by atoms with van der Waals surface area (Å²) < 4.78 is 27.8. The van der Waals surface area contributed by atoms with E-state index in [1.165, 1.54) is 23.8 Å². The molecule has 3 heterocycles. The Morgan fingerprint density at radius 1 is 1.21 bits per heavy atom. The fraction of sp³-hybridized carbons (Fsp3) is 0.412. The second-order valence-corrected chi connectivity index (χ2v) is 7.21. The van der Waals surface area contributed by atoms with Gasteiger partial charge in [-0.1, -0.05) is 23.5 Å². The summed E-state index contributed by atoms with van der Waals surface area (Å²) >= 11 is 1.47. The van der Waals surface area contributed by atoms with E-state index >= 15 is 0 Å². The fourth-order valence-electron chi connectivity index (χ4n) is 3.37. The number of aromatic nitrogens is 1. The molecule has 1 amide bonds. The molecular weight excluding hydrogens is 332 g/mol. The number of nitrogens with zero attached hydrogens (tertiary/aromatic N) is 2. The number of rotatable bonds is 2. The standard InChI is InChI=1S/C17H17F2N3OS/c18-12-6-4-5-10(14(12)19)11-9-13(23)20-16-15(11)24-17(21-16)22-7-2-1-3-8-22/h4-6,11H,1-3,7-9H2,(H,20,23). The van der Waals surface area contributed by atoms with Crippen LogP contribution in [0.2, 0.25) is 0 Å². The van der Waals surface area contributed by atoms with Gasteiger partial charge >= 0.3 is 0 Å². The van der Waals surface area contributed by atoms with Crippen molar-refractivity contribution in [2.24, 2.45) is 0 Å². The van der Waals surface area contributed by atoms with Crippen LogP contribution in [0.5, 0.6) is 0 Å². The van der Waals surface area contributed by atoms with E-state index in [1.807, 2.05) is 0 Å². The minimum absolute atomic E-state index is 0.106. The zero-order valence-electron chi connectivity index (χ0n) is 13.0. The molecule has 7 heteroatoms. The maximum Gasteiger partial charge on any atom is 0.226 e. The maximum absolute atomic E-state index is 14.2. The number of fused-ring (bicyclic) bond motifs is 1. The Morgan fingerprint density at radius 2 is 2.00 bits per heavy atom. The zero-order valence-corrected chi connectivity index (χ0v) is 13.8. The van der Waals surface area contributed by atoms with Crippen molar-refractivity contribution in [1.29, 1.82) is 0 Å². The monoisotopic (exact) mass is 349 g/mol. The van der Waals surface area contributed by atoms with Gasteiger partial charge in [0.05, 0.1) is 4.88 Å². The van der Waals surface area contributed by atoms with Gasteiger partial charge in [0.15, 0.2) is 16.8 Å². The van der Waals surface area contributed by atoms with Crippen molar-refractivity contribution in [2.75, 3.05) is 23.3 Å². The van der Waals surface area contributed by atoms with E-state index in [0.717, 1.165) is 42.0 Å². The summed E-state index contributed by atoms with van der Waals surface area (Å²) in [5.74, 6) is -1.98. The quantitative estimate of drug-likeness (QED) is 0.895. The molecule has 0 radical (unpaired) electrons. The minimum Gasteiger partial charge on any atom is -0.348 e. The van der Waals surface area contributed by atoms with Gasteiger partial charge in [0.1, 0.15) is 5.82 Å². The molecule has 2 aromatic rings. The number of carbonyl (C=O) groups is 1. The van der Waals surface area contributed by atoms with Crippen molar-refractivity contribution in [3.05, 3.63) is 40.3 Å². The Kier molecular flexibility index (Phi) is 3.96. The number of amides is 1. The smallest absolute Gasteiger partial charge is 0.226 e. The molecule has 4 nitrogen and oxygen atoms in total. The van der Waals surface area contributed by atoms with Crippen molar-refractivity contribution in [3.63, 3.8) is 0 Å². The molecule has 4 rings (SSSR count). The van der Waals surface area contributed by atoms with Crippen LogP contribution in [0.1, 0.15) is 42.0 Å². The van der Waals surface area contributed by atoms with Crippen molar-refractivity contribution in [2.45, 2.75) is 31.6 Å². The summed E-state index contributed by atoms with van der Waals surface area (Å²) in [5.41, 5.74) is 0.222. The lowest BCUT2D eigenvalue weighted by atomic mass is 9.91. The third-order valence-corrected chi connectivity index (χ3v) is 5.82. The van der Waals surface area contributed by atoms with Crippen LogP contribution in [0.25, 0.3) is 0 Å². The first-order valence-corrected chi connectivity index (χ1v) is 8.94. The van der Waals surface area contributed by atoms with E-state index < -0.39 is 17.6 Å². The molecule has 0 bridgehead atoms. The molecule has 0 spiro atoms. The summed E-state index contributed by atoms with van der Waals surface area (Å²) in [6.45, 7) is 1.89. The lowest BCUT2D eigenvalue weighted by molar-refractivity contribution is -0.116. The molecule has 126 valence electrons. The largest absolute Gasteiger partial charge is 0.348 e. The highest BCUT2D eigenvalue weighted by Crippen LogP contribution is 2.44. The van der Waals surface area contributed by atoms with Gasteiger partial charge in [-0.3, -0.25) is 4.79 Å². The lowest BCUT2D eigenvalue weighted by Crippen LogP contribution is -2.29. The Labute approximate surface area is 142 Å². The van der Waals surface area contributed by atoms with Gasteiger partial charge in [0.2, 0.25) is 5.91 Å². The number of hydrogen-bond donors (Lipinski definition) is 1. The Bertz CT molecular complexity index is 786. The van der Waals surface area contributed by atoms with Crippen LogP contribution in [0, 0.1) is 11.6 Å². The molecule has 1 aromatic heterocycles. The molecule has 1 unspecified atom stereocenters. The predicted molar refractivity (Wildman–Crippen MR) is 89.6 cm³/mol. The maximum atomic E-state index is 14.2. The normalized spacial score (nSPS) is 20.7. The van der Waals surface area contributed by atoms with Crippen molar-refractivity contribution >= 4 is 28.2 Å². The van der Waals surface area contributed by atoms with Gasteiger partial charge in [0, 0.05) is 25.4 Å². The van der Waals surface area contributed by atoms with Crippen LogP contribution in [-0.2, 0) is 4.79 Å². The Hall–Kier alpha value is -2.02. The van der Waals surface area contributed by atoms with Crippen LogP contribution >= 0.6 is 11.3 Å². The number of carbonyl (C=O) groups excluding carboxylic acids is 1. The average Bonchev–Trinajstić information content (AvgIpc) is 3.01. The summed E-state index contributed by atoms with van der Waals surface area (Å²) in [4.78, 5) is 19.6. The molecule has 2 aliphatic rings. The van der Waals surface area contributed by atoms with Crippen molar-refractivity contribution in [3.8, 4) is 0 Å². The van der Waals surface area contributed by atoms with Gasteiger partial charge < -0.3 is 10.2 Å². The van der Waals surface area contributed by atoms with Crippen molar-refractivity contribution < 1.29 is 13.6 Å². The Balaban J connectivity index is 1.74. The van der Waals surface area contributed by atoms with Crippen LogP contribution in [-0.4, -0.2) is 24.0 Å². The predicted octanol–water partition coefficient (Wildman–Crippen LogP) is 3.89. The van der Waals surface area contributed by atoms with Crippen molar-refractivity contribution in [1.82, 2.24) is 4.98 Å². The second-order valence-electron chi connectivity index (χ2n) is 6.20. The first-order chi connectivity index (χ1) is 11.6. The highest BCUT2D eigenvalue weighted by atomic mass is 32.1. The van der Waals surface area contributed by atoms with Gasteiger partial charge in [0.25, 0.3) is 0 Å². The van der Waals surface area contributed by atoms with E-state index in [4.69, 9.17) is 0 Å². The molecule has 1 saturated heterocycles. The van der Waals surface area contributed by atoms with E-state index in [9.17, 15) is 13.6 Å². The molecule has 1 aromatic carbocycles. The number of nitrogens with one attached hydrogen (secondary N) is 1. The van der Waals surface area contributed by atoms with E-state index in [0.29, 0.717) is 5.82 Å². The molecule has 1 atom stereocenters. The third-order valence-electron chi connectivity index (χ3n) is 4.59. The highest BCUT2D eigenvalue weighted by Gasteiger charge is 2.33. The SMILES string of the molecule is O=C1CC(c2cccc(F)c2F)c2sc(N3CCCCC3)nc2N1. The Morgan fingerprint density at radius 3 is 2.79 bits per heavy atom. The molecular formula is C17H17F2N3OS. The van der Waals surface area contributed by atoms with Gasteiger partial charge in [-0.15, -0.1) is 0 Å². The van der Waals surface area contributed by atoms with Gasteiger partial charge in [-0.2, -0.15) is 0 Å². The summed E-state index contributed by atoms with van der Waals surface area (Å²) in [6, 6.07) is 4.12. The van der Waals surface area contributed by atoms with Crippen LogP contribution in [0.4, 0.5) is 19.7 Å². The lowest BCUT2D eigenvalue weighted by Gasteiger charge is -2.25. The zero-order chi connectivity index (χ0) is 16.7. The topological polar surface area (TPSA) is 45.2 Å². The van der Waals surface area contributed by atoms with E-state index in [1.54, 1.807) is 6.07 Å². The summed E-state index contributed by atoms with van der Waals surface area (Å²) in [5, 5.41) is 3.62. The van der Waals surface area contributed by atoms with Crippen LogP contribution in [0.3, 0.4) is 0 Å². The first-order valence-electron chi connectivity index (χ1n) is 8.13. The van der Waals surface area contributed by atoms with Gasteiger partial charge in [-0.05, 0) is 30.9 Å². The van der Waals surface area contributed by atoms with Crippen LogP contribution < -0.4 is 10.2 Å². The number of halogens is 2. The molecule has 0 saturated carbocycles. The fourth-order valence-corrected chi connectivity index (χ4v) is 4.56.